The fourth-order valence-electron chi connectivity index (χ4n) is 2.63. The molecule has 1 heterocycles. The Morgan fingerprint density at radius 1 is 1.14 bits per heavy atom. The molecular formula is C21H17BrN2O4. The highest BCUT2D eigenvalue weighted by Gasteiger charge is 2.36. The van der Waals surface area contributed by atoms with Crippen LogP contribution >= 0.6 is 15.9 Å². The average Bonchev–Trinajstić information content (AvgIpc) is 2.66. The van der Waals surface area contributed by atoms with Crippen LogP contribution in [0.15, 0.2) is 65.2 Å². The topological polar surface area (TPSA) is 75.7 Å². The van der Waals surface area contributed by atoms with Gasteiger partial charge in [-0.1, -0.05) is 36.4 Å². The number of imide groups is 2. The lowest BCUT2D eigenvalue weighted by atomic mass is 10.1. The number of carbonyl (C=O) groups excluding carboxylic acids is 3. The fourth-order valence-corrected chi connectivity index (χ4v) is 3.14. The number of hydrogen-bond donors (Lipinski definition) is 1. The van der Waals surface area contributed by atoms with E-state index in [1.54, 1.807) is 48.5 Å². The van der Waals surface area contributed by atoms with Crippen LogP contribution in [0.4, 0.5) is 10.5 Å². The van der Waals surface area contributed by atoms with Crippen molar-refractivity contribution >= 4 is 45.5 Å². The van der Waals surface area contributed by atoms with Crippen LogP contribution in [-0.2, 0) is 9.59 Å². The van der Waals surface area contributed by atoms with Gasteiger partial charge in [0.1, 0.15) is 17.9 Å². The van der Waals surface area contributed by atoms with Gasteiger partial charge in [0.2, 0.25) is 0 Å². The van der Waals surface area contributed by atoms with E-state index in [1.807, 2.05) is 6.92 Å². The number of urea groups is 1. The molecule has 6 nitrogen and oxygen atoms in total. The number of benzene rings is 2. The zero-order valence-electron chi connectivity index (χ0n) is 15.1. The Morgan fingerprint density at radius 3 is 2.50 bits per heavy atom. The van der Waals surface area contributed by atoms with Crippen LogP contribution in [0.5, 0.6) is 5.75 Å². The van der Waals surface area contributed by atoms with Crippen LogP contribution in [0.3, 0.4) is 0 Å². The molecule has 0 aromatic heterocycles. The van der Waals surface area contributed by atoms with Gasteiger partial charge < -0.3 is 4.74 Å². The lowest BCUT2D eigenvalue weighted by Crippen LogP contribution is -2.54. The van der Waals surface area contributed by atoms with Gasteiger partial charge in [0.25, 0.3) is 11.8 Å². The molecule has 1 N–H and O–H groups in total. The molecule has 1 saturated heterocycles. The lowest BCUT2D eigenvalue weighted by Gasteiger charge is -2.26. The standard InChI is InChI=1S/C21H17BrN2O4/c1-3-10-28-18-9-6-14(12-17(18)22)11-16-19(25)23-21(27)24(20(16)26)15-7-4-13(2)5-8-15/h3-9,11-12H,1,10H2,2H3,(H,23,25,27). The Hall–Kier alpha value is -3.19. The molecule has 2 aromatic carbocycles. The van der Waals surface area contributed by atoms with Crippen molar-refractivity contribution in [2.75, 3.05) is 11.5 Å². The van der Waals surface area contributed by atoms with Gasteiger partial charge in [-0.05, 0) is 58.8 Å². The number of carbonyl (C=O) groups is 3. The molecule has 0 unspecified atom stereocenters. The molecule has 2 aromatic rings. The van der Waals surface area contributed by atoms with E-state index in [1.165, 1.54) is 6.08 Å². The highest BCUT2D eigenvalue weighted by molar-refractivity contribution is 9.10. The second-order valence-electron chi connectivity index (χ2n) is 6.08. The molecule has 0 spiro atoms. The van der Waals surface area contributed by atoms with Crippen LogP contribution in [0.1, 0.15) is 11.1 Å². The Morgan fingerprint density at radius 2 is 1.86 bits per heavy atom. The number of anilines is 1. The average molecular weight is 441 g/mol. The van der Waals surface area contributed by atoms with Gasteiger partial charge in [-0.2, -0.15) is 0 Å². The molecule has 1 aliphatic rings. The first-order chi connectivity index (χ1) is 13.4. The van der Waals surface area contributed by atoms with Gasteiger partial charge in [0.15, 0.2) is 0 Å². The zero-order valence-corrected chi connectivity index (χ0v) is 16.7. The zero-order chi connectivity index (χ0) is 20.3. The van der Waals surface area contributed by atoms with Crippen LogP contribution in [-0.4, -0.2) is 24.5 Å². The van der Waals surface area contributed by atoms with E-state index < -0.39 is 17.8 Å². The Kier molecular flexibility index (Phi) is 5.75. The first-order valence-electron chi connectivity index (χ1n) is 8.42. The summed E-state index contributed by atoms with van der Waals surface area (Å²) in [5, 5.41) is 2.21. The van der Waals surface area contributed by atoms with Gasteiger partial charge in [0.05, 0.1) is 10.2 Å². The second-order valence-corrected chi connectivity index (χ2v) is 6.94. The molecular weight excluding hydrogens is 424 g/mol. The largest absolute Gasteiger partial charge is 0.488 e. The molecule has 1 aliphatic heterocycles. The van der Waals surface area contributed by atoms with Gasteiger partial charge in [-0.25, -0.2) is 9.69 Å². The van der Waals surface area contributed by atoms with Gasteiger partial charge in [-0.15, -0.1) is 0 Å². The summed E-state index contributed by atoms with van der Waals surface area (Å²) < 4.78 is 6.15. The summed E-state index contributed by atoms with van der Waals surface area (Å²) in [7, 11) is 0. The maximum absolute atomic E-state index is 12.9. The molecule has 7 heteroatoms. The summed E-state index contributed by atoms with van der Waals surface area (Å²) in [6.07, 6.45) is 3.07. The summed E-state index contributed by atoms with van der Waals surface area (Å²) in [6, 6.07) is 11.3. The summed E-state index contributed by atoms with van der Waals surface area (Å²) >= 11 is 3.40. The first kappa shape index (κ1) is 19.6. The third-order valence-electron chi connectivity index (χ3n) is 4.02. The van der Waals surface area contributed by atoms with E-state index in [-0.39, 0.29) is 5.57 Å². The summed E-state index contributed by atoms with van der Waals surface area (Å²) in [6.45, 7) is 5.85. The molecule has 0 aliphatic carbocycles. The van der Waals surface area contributed by atoms with Crippen molar-refractivity contribution in [2.24, 2.45) is 0 Å². The molecule has 28 heavy (non-hydrogen) atoms. The smallest absolute Gasteiger partial charge is 0.335 e. The monoisotopic (exact) mass is 440 g/mol. The van der Waals surface area contributed by atoms with Crippen molar-refractivity contribution in [3.63, 3.8) is 0 Å². The predicted molar refractivity (Wildman–Crippen MR) is 110 cm³/mol. The van der Waals surface area contributed by atoms with Crippen molar-refractivity contribution in [2.45, 2.75) is 6.92 Å². The molecule has 0 bridgehead atoms. The minimum Gasteiger partial charge on any atom is -0.488 e. The number of ether oxygens (including phenoxy) is 1. The molecule has 0 radical (unpaired) electrons. The molecule has 4 amide bonds. The normalized spacial score (nSPS) is 15.6. The highest BCUT2D eigenvalue weighted by Crippen LogP contribution is 2.28. The van der Waals surface area contributed by atoms with E-state index >= 15 is 0 Å². The number of aryl methyl sites for hydroxylation is 1. The fraction of sp³-hybridized carbons (Fsp3) is 0.0952. The lowest BCUT2D eigenvalue weighted by molar-refractivity contribution is -0.122. The minimum absolute atomic E-state index is 0.133. The molecule has 0 atom stereocenters. The van der Waals surface area contributed by atoms with Crippen LogP contribution in [0, 0.1) is 6.92 Å². The van der Waals surface area contributed by atoms with Crippen molar-refractivity contribution < 1.29 is 19.1 Å². The van der Waals surface area contributed by atoms with Gasteiger partial charge in [-0.3, -0.25) is 14.9 Å². The highest BCUT2D eigenvalue weighted by atomic mass is 79.9. The van der Waals surface area contributed by atoms with E-state index in [0.717, 1.165) is 10.5 Å². The van der Waals surface area contributed by atoms with E-state index in [0.29, 0.717) is 28.1 Å². The van der Waals surface area contributed by atoms with Crippen molar-refractivity contribution in [1.82, 2.24) is 5.32 Å². The quantitative estimate of drug-likeness (QED) is 0.433. The summed E-state index contributed by atoms with van der Waals surface area (Å²) in [4.78, 5) is 38.3. The number of nitrogens with zero attached hydrogens (tertiary/aromatic N) is 1. The van der Waals surface area contributed by atoms with Crippen LogP contribution in [0.2, 0.25) is 0 Å². The third kappa shape index (κ3) is 4.04. The van der Waals surface area contributed by atoms with Gasteiger partial charge >= 0.3 is 6.03 Å². The molecule has 142 valence electrons. The van der Waals surface area contributed by atoms with Crippen molar-refractivity contribution in [3.05, 3.63) is 76.3 Å². The van der Waals surface area contributed by atoms with Crippen LogP contribution < -0.4 is 15.0 Å². The Labute approximate surface area is 170 Å². The number of nitrogens with one attached hydrogen (secondary N) is 1. The minimum atomic E-state index is -0.773. The maximum atomic E-state index is 12.9. The van der Waals surface area contributed by atoms with E-state index in [2.05, 4.69) is 27.8 Å². The molecule has 3 rings (SSSR count). The second kappa shape index (κ2) is 8.22. The summed E-state index contributed by atoms with van der Waals surface area (Å²) in [5.74, 6) is -0.805. The Balaban J connectivity index is 1.93. The number of rotatable bonds is 5. The van der Waals surface area contributed by atoms with Crippen molar-refractivity contribution in [3.8, 4) is 5.75 Å². The van der Waals surface area contributed by atoms with E-state index in [9.17, 15) is 14.4 Å². The summed E-state index contributed by atoms with van der Waals surface area (Å²) in [5.41, 5.74) is 1.85. The predicted octanol–water partition coefficient (Wildman–Crippen LogP) is 3.99. The number of amides is 4. The molecule has 0 saturated carbocycles. The molecule has 1 fully saturated rings. The van der Waals surface area contributed by atoms with Crippen LogP contribution in [0.25, 0.3) is 6.08 Å². The number of hydrogen-bond acceptors (Lipinski definition) is 4. The van der Waals surface area contributed by atoms with Gasteiger partial charge in [0, 0.05) is 0 Å². The first-order valence-corrected chi connectivity index (χ1v) is 9.21. The van der Waals surface area contributed by atoms with E-state index in [4.69, 9.17) is 4.74 Å². The van der Waals surface area contributed by atoms with Crippen molar-refractivity contribution in [1.29, 1.82) is 0 Å². The third-order valence-corrected chi connectivity index (χ3v) is 4.64. The number of halogens is 1. The maximum Gasteiger partial charge on any atom is 0.335 e. The number of barbiturate groups is 1. The Bertz CT molecular complexity index is 996. The SMILES string of the molecule is C=CCOc1ccc(C=C2C(=O)NC(=O)N(c3ccc(C)cc3)C2=O)cc1Br.